The van der Waals surface area contributed by atoms with Crippen LogP contribution < -0.4 is 5.32 Å². The van der Waals surface area contributed by atoms with Gasteiger partial charge in [0.15, 0.2) is 0 Å². The smallest absolute Gasteiger partial charge is 0.407 e. The highest BCUT2D eigenvalue weighted by molar-refractivity contribution is 5.80. The minimum Gasteiger partial charge on any atom is -0.464 e. The number of hydrogen-bond donors (Lipinski definition) is 1. The number of rotatable bonds is 4. The van der Waals surface area contributed by atoms with E-state index in [1.54, 1.807) is 6.92 Å². The number of carbonyl (C=O) groups excluding carboxylic acids is 2. The number of nitrogens with one attached hydrogen (secondary N) is 1. The lowest BCUT2D eigenvalue weighted by Crippen LogP contribution is -2.39. The van der Waals surface area contributed by atoms with E-state index in [4.69, 9.17) is 4.74 Å². The molecule has 0 aromatic carbocycles. The molecule has 14 heavy (non-hydrogen) atoms. The van der Waals surface area contributed by atoms with Gasteiger partial charge in [0.2, 0.25) is 0 Å². The molecule has 0 radical (unpaired) electrons. The van der Waals surface area contributed by atoms with E-state index < -0.39 is 18.1 Å². The van der Waals surface area contributed by atoms with Crippen molar-refractivity contribution >= 4 is 12.1 Å². The molecule has 5 heteroatoms. The van der Waals surface area contributed by atoms with Crippen molar-refractivity contribution in [2.45, 2.75) is 26.8 Å². The van der Waals surface area contributed by atoms with E-state index in [-0.39, 0.29) is 5.92 Å². The zero-order valence-electron chi connectivity index (χ0n) is 8.99. The van der Waals surface area contributed by atoms with Gasteiger partial charge >= 0.3 is 12.1 Å². The summed E-state index contributed by atoms with van der Waals surface area (Å²) in [5, 5.41) is 2.32. The molecule has 0 fully saturated rings. The van der Waals surface area contributed by atoms with Crippen LogP contribution in [0, 0.1) is 5.92 Å². The average molecular weight is 203 g/mol. The molecular formula is C9H17NO4. The summed E-state index contributed by atoms with van der Waals surface area (Å²) in [6, 6.07) is -0.679. The second-order valence-corrected chi connectivity index (χ2v) is 3.38. The molecule has 0 heterocycles. The lowest BCUT2D eigenvalue weighted by Gasteiger charge is -2.13. The summed E-state index contributed by atoms with van der Waals surface area (Å²) >= 11 is 0. The first-order valence-electron chi connectivity index (χ1n) is 4.48. The molecule has 0 aliphatic carbocycles. The molecule has 0 aromatic rings. The predicted molar refractivity (Wildman–Crippen MR) is 50.8 cm³/mol. The molecular weight excluding hydrogens is 186 g/mol. The SMILES string of the molecule is COC(=O)NC(C)C(=O)OCC(C)C. The standard InChI is InChI=1S/C9H17NO4/c1-6(2)5-14-8(11)7(3)10-9(12)13-4/h6-7H,5H2,1-4H3,(H,10,12). The molecule has 0 aliphatic heterocycles. The highest BCUT2D eigenvalue weighted by Crippen LogP contribution is 1.95. The summed E-state index contributed by atoms with van der Waals surface area (Å²) in [7, 11) is 1.24. The van der Waals surface area contributed by atoms with Crippen molar-refractivity contribution < 1.29 is 19.1 Å². The van der Waals surface area contributed by atoms with Gasteiger partial charge in [-0.25, -0.2) is 9.59 Å². The molecule has 1 unspecified atom stereocenters. The molecule has 1 N–H and O–H groups in total. The monoisotopic (exact) mass is 203 g/mol. The Kier molecular flexibility index (Phi) is 5.67. The Morgan fingerprint density at radius 1 is 1.29 bits per heavy atom. The number of methoxy groups -OCH3 is 1. The molecule has 0 aromatic heterocycles. The van der Waals surface area contributed by atoms with Gasteiger partial charge in [0.05, 0.1) is 13.7 Å². The van der Waals surface area contributed by atoms with Crippen LogP contribution in [-0.4, -0.2) is 31.8 Å². The Balaban J connectivity index is 3.82. The van der Waals surface area contributed by atoms with Gasteiger partial charge in [0.1, 0.15) is 6.04 Å². The molecule has 1 atom stereocenters. The summed E-state index contributed by atoms with van der Waals surface area (Å²) in [5.74, 6) is -0.173. The van der Waals surface area contributed by atoms with Crippen LogP contribution in [0.5, 0.6) is 0 Å². The molecule has 0 saturated carbocycles. The Hall–Kier alpha value is -1.26. The molecule has 1 amide bonds. The zero-order chi connectivity index (χ0) is 11.1. The Morgan fingerprint density at radius 3 is 2.29 bits per heavy atom. The summed E-state index contributed by atoms with van der Waals surface area (Å²) in [5.41, 5.74) is 0. The number of alkyl carbamates (subject to hydrolysis) is 1. The third-order valence-electron chi connectivity index (χ3n) is 1.43. The van der Waals surface area contributed by atoms with Crippen LogP contribution in [0.2, 0.25) is 0 Å². The van der Waals surface area contributed by atoms with Crippen molar-refractivity contribution in [3.05, 3.63) is 0 Å². The molecule has 0 spiro atoms. The summed E-state index contributed by atoms with van der Waals surface area (Å²) < 4.78 is 9.24. The largest absolute Gasteiger partial charge is 0.464 e. The topological polar surface area (TPSA) is 64.6 Å². The fourth-order valence-corrected chi connectivity index (χ4v) is 0.668. The van der Waals surface area contributed by atoms with Crippen LogP contribution in [0.25, 0.3) is 0 Å². The second kappa shape index (κ2) is 6.23. The van der Waals surface area contributed by atoms with Crippen LogP contribution in [0.15, 0.2) is 0 Å². The van der Waals surface area contributed by atoms with E-state index >= 15 is 0 Å². The lowest BCUT2D eigenvalue weighted by atomic mass is 10.2. The molecule has 0 bridgehead atoms. The molecule has 5 nitrogen and oxygen atoms in total. The normalized spacial score (nSPS) is 12.1. The van der Waals surface area contributed by atoms with Crippen LogP contribution in [-0.2, 0) is 14.3 Å². The van der Waals surface area contributed by atoms with Crippen molar-refractivity contribution in [1.82, 2.24) is 5.32 Å². The third-order valence-corrected chi connectivity index (χ3v) is 1.43. The van der Waals surface area contributed by atoms with Gasteiger partial charge in [0.25, 0.3) is 0 Å². The van der Waals surface area contributed by atoms with Crippen molar-refractivity contribution in [3.8, 4) is 0 Å². The first-order valence-corrected chi connectivity index (χ1v) is 4.48. The second-order valence-electron chi connectivity index (χ2n) is 3.38. The van der Waals surface area contributed by atoms with Crippen molar-refractivity contribution in [3.63, 3.8) is 0 Å². The number of esters is 1. The fourth-order valence-electron chi connectivity index (χ4n) is 0.668. The maximum atomic E-state index is 11.2. The van der Waals surface area contributed by atoms with Gasteiger partial charge in [-0.15, -0.1) is 0 Å². The lowest BCUT2D eigenvalue weighted by molar-refractivity contribution is -0.146. The quantitative estimate of drug-likeness (QED) is 0.690. The average Bonchev–Trinajstić information content (AvgIpc) is 2.13. The minimum atomic E-state index is -0.679. The van der Waals surface area contributed by atoms with Crippen molar-refractivity contribution in [2.75, 3.05) is 13.7 Å². The van der Waals surface area contributed by atoms with Gasteiger partial charge in [-0.2, -0.15) is 0 Å². The maximum Gasteiger partial charge on any atom is 0.407 e. The van der Waals surface area contributed by atoms with Gasteiger partial charge < -0.3 is 14.8 Å². The Morgan fingerprint density at radius 2 is 1.86 bits per heavy atom. The van der Waals surface area contributed by atoms with E-state index in [0.29, 0.717) is 6.61 Å². The molecule has 82 valence electrons. The highest BCUT2D eigenvalue weighted by atomic mass is 16.5. The van der Waals surface area contributed by atoms with E-state index in [2.05, 4.69) is 10.1 Å². The van der Waals surface area contributed by atoms with Gasteiger partial charge in [0, 0.05) is 0 Å². The summed E-state index contributed by atoms with van der Waals surface area (Å²) in [6.45, 7) is 5.77. The van der Waals surface area contributed by atoms with Crippen LogP contribution in [0.4, 0.5) is 4.79 Å². The van der Waals surface area contributed by atoms with Crippen molar-refractivity contribution in [1.29, 1.82) is 0 Å². The van der Waals surface area contributed by atoms with Gasteiger partial charge in [-0.3, -0.25) is 0 Å². The van der Waals surface area contributed by atoms with E-state index in [1.807, 2.05) is 13.8 Å². The van der Waals surface area contributed by atoms with E-state index in [9.17, 15) is 9.59 Å². The van der Waals surface area contributed by atoms with E-state index in [0.717, 1.165) is 0 Å². The minimum absolute atomic E-state index is 0.282. The van der Waals surface area contributed by atoms with Crippen LogP contribution in [0.1, 0.15) is 20.8 Å². The molecule has 0 aliphatic rings. The van der Waals surface area contributed by atoms with Crippen molar-refractivity contribution in [2.24, 2.45) is 5.92 Å². The number of amides is 1. The van der Waals surface area contributed by atoms with Crippen LogP contribution >= 0.6 is 0 Å². The Bertz CT molecular complexity index is 203. The summed E-state index contributed by atoms with van der Waals surface area (Å²) in [4.78, 5) is 21.9. The predicted octanol–water partition coefficient (Wildman–Crippen LogP) is 0.930. The molecule has 0 saturated heterocycles. The summed E-state index contributed by atoms with van der Waals surface area (Å²) in [6.07, 6.45) is -0.640. The Labute approximate surface area is 83.8 Å². The number of hydrogen-bond acceptors (Lipinski definition) is 4. The van der Waals surface area contributed by atoms with E-state index in [1.165, 1.54) is 7.11 Å². The fraction of sp³-hybridized carbons (Fsp3) is 0.778. The number of carbonyl (C=O) groups is 2. The van der Waals surface area contributed by atoms with Crippen LogP contribution in [0.3, 0.4) is 0 Å². The maximum absolute atomic E-state index is 11.2. The van der Waals surface area contributed by atoms with Gasteiger partial charge in [-0.1, -0.05) is 13.8 Å². The molecule has 0 rings (SSSR count). The van der Waals surface area contributed by atoms with Gasteiger partial charge in [-0.05, 0) is 12.8 Å². The first-order chi connectivity index (χ1) is 6.47. The zero-order valence-corrected chi connectivity index (χ0v) is 8.99. The first kappa shape index (κ1) is 12.7. The number of ether oxygens (including phenoxy) is 2. The highest BCUT2D eigenvalue weighted by Gasteiger charge is 2.17. The third kappa shape index (κ3) is 5.40.